The minimum Gasteiger partial charge on any atom is -0.308 e. The number of aromatic nitrogens is 3. The van der Waals surface area contributed by atoms with Crippen LogP contribution in [0.3, 0.4) is 0 Å². The van der Waals surface area contributed by atoms with Gasteiger partial charge in [0.05, 0.1) is 6.04 Å². The normalized spacial score (nSPS) is 22.5. The van der Waals surface area contributed by atoms with Gasteiger partial charge in [-0.05, 0) is 38.8 Å². The molecule has 23 heavy (non-hydrogen) atoms. The van der Waals surface area contributed by atoms with E-state index >= 15 is 0 Å². The van der Waals surface area contributed by atoms with Gasteiger partial charge in [-0.3, -0.25) is 9.48 Å². The van der Waals surface area contributed by atoms with Crippen LogP contribution in [0.25, 0.3) is 0 Å². The summed E-state index contributed by atoms with van der Waals surface area (Å²) in [6.45, 7) is 5.01. The highest BCUT2D eigenvalue weighted by molar-refractivity contribution is 6.00. The lowest BCUT2D eigenvalue weighted by Gasteiger charge is -2.22. The molecule has 6 heteroatoms. The SMILES string of the molecule is C[C@H](CCn1cncn1)N[C@@H]1C[C@H](C)N(c2ccccc2)C1=O. The van der Waals surface area contributed by atoms with Crippen molar-refractivity contribution < 1.29 is 4.79 Å². The van der Waals surface area contributed by atoms with E-state index in [-0.39, 0.29) is 24.0 Å². The van der Waals surface area contributed by atoms with Gasteiger partial charge in [0.1, 0.15) is 12.7 Å². The van der Waals surface area contributed by atoms with E-state index in [1.165, 1.54) is 6.33 Å². The molecule has 3 rings (SSSR count). The molecular formula is C17H23N5O. The number of hydrogen-bond acceptors (Lipinski definition) is 4. The van der Waals surface area contributed by atoms with Crippen molar-refractivity contribution in [1.29, 1.82) is 0 Å². The molecule has 2 heterocycles. The van der Waals surface area contributed by atoms with Crippen LogP contribution in [0, 0.1) is 0 Å². The van der Waals surface area contributed by atoms with Crippen molar-refractivity contribution >= 4 is 11.6 Å². The van der Waals surface area contributed by atoms with E-state index in [4.69, 9.17) is 0 Å². The Morgan fingerprint density at radius 1 is 1.35 bits per heavy atom. The molecule has 3 atom stereocenters. The maximum atomic E-state index is 12.7. The van der Waals surface area contributed by atoms with Gasteiger partial charge in [0.15, 0.2) is 0 Å². The van der Waals surface area contributed by atoms with Crippen molar-refractivity contribution in [3.63, 3.8) is 0 Å². The maximum absolute atomic E-state index is 12.7. The van der Waals surface area contributed by atoms with Crippen LogP contribution >= 0.6 is 0 Å². The van der Waals surface area contributed by atoms with E-state index in [0.29, 0.717) is 0 Å². The molecule has 1 fully saturated rings. The topological polar surface area (TPSA) is 63.1 Å². The lowest BCUT2D eigenvalue weighted by Crippen LogP contribution is -2.43. The first-order valence-electron chi connectivity index (χ1n) is 8.11. The molecule has 0 radical (unpaired) electrons. The third-order valence-corrected chi connectivity index (χ3v) is 4.33. The van der Waals surface area contributed by atoms with Crippen LogP contribution in [0.4, 0.5) is 5.69 Å². The molecule has 1 saturated heterocycles. The van der Waals surface area contributed by atoms with Gasteiger partial charge < -0.3 is 10.2 Å². The number of benzene rings is 1. The largest absolute Gasteiger partial charge is 0.308 e. The molecule has 2 aromatic rings. The Morgan fingerprint density at radius 2 is 2.13 bits per heavy atom. The first-order valence-corrected chi connectivity index (χ1v) is 8.11. The van der Waals surface area contributed by atoms with Gasteiger partial charge >= 0.3 is 0 Å². The summed E-state index contributed by atoms with van der Waals surface area (Å²) in [4.78, 5) is 18.6. The smallest absolute Gasteiger partial charge is 0.244 e. The Labute approximate surface area is 136 Å². The number of hydrogen-bond donors (Lipinski definition) is 1. The highest BCUT2D eigenvalue weighted by Gasteiger charge is 2.38. The van der Waals surface area contributed by atoms with E-state index in [2.05, 4.69) is 29.2 Å². The highest BCUT2D eigenvalue weighted by Crippen LogP contribution is 2.26. The molecule has 0 aliphatic carbocycles. The van der Waals surface area contributed by atoms with Crippen LogP contribution in [-0.4, -0.2) is 38.8 Å². The van der Waals surface area contributed by atoms with Crippen LogP contribution in [0.15, 0.2) is 43.0 Å². The number of aryl methyl sites for hydroxylation is 1. The summed E-state index contributed by atoms with van der Waals surface area (Å²) in [6, 6.07) is 10.2. The number of rotatable bonds is 6. The van der Waals surface area contributed by atoms with Crippen molar-refractivity contribution in [2.75, 3.05) is 4.90 Å². The van der Waals surface area contributed by atoms with E-state index in [1.54, 1.807) is 6.33 Å². The van der Waals surface area contributed by atoms with Gasteiger partial charge in [0.2, 0.25) is 5.91 Å². The Bertz CT molecular complexity index is 628. The number of nitrogens with zero attached hydrogens (tertiary/aromatic N) is 4. The molecule has 1 N–H and O–H groups in total. The minimum atomic E-state index is -0.115. The number of anilines is 1. The molecule has 1 aliphatic heterocycles. The van der Waals surface area contributed by atoms with Crippen LogP contribution in [0.2, 0.25) is 0 Å². The van der Waals surface area contributed by atoms with E-state index in [0.717, 1.165) is 25.1 Å². The van der Waals surface area contributed by atoms with E-state index in [1.807, 2.05) is 39.9 Å². The third-order valence-electron chi connectivity index (χ3n) is 4.33. The molecule has 1 aliphatic rings. The van der Waals surface area contributed by atoms with Crippen LogP contribution in [0.5, 0.6) is 0 Å². The Kier molecular flexibility index (Phi) is 4.71. The predicted octanol–water partition coefficient (Wildman–Crippen LogP) is 1.84. The Balaban J connectivity index is 1.57. The van der Waals surface area contributed by atoms with Crippen molar-refractivity contribution in [2.24, 2.45) is 0 Å². The quantitative estimate of drug-likeness (QED) is 0.884. The van der Waals surface area contributed by atoms with Gasteiger partial charge in [0.25, 0.3) is 0 Å². The summed E-state index contributed by atoms with van der Waals surface area (Å²) in [5.41, 5.74) is 0.976. The zero-order valence-corrected chi connectivity index (χ0v) is 13.6. The first-order chi connectivity index (χ1) is 11.1. The number of amides is 1. The van der Waals surface area contributed by atoms with Crippen molar-refractivity contribution in [2.45, 2.75) is 51.4 Å². The second kappa shape index (κ2) is 6.91. The highest BCUT2D eigenvalue weighted by atomic mass is 16.2. The van der Waals surface area contributed by atoms with Crippen molar-refractivity contribution in [1.82, 2.24) is 20.1 Å². The molecule has 0 saturated carbocycles. The fraction of sp³-hybridized carbons (Fsp3) is 0.471. The molecule has 0 unspecified atom stereocenters. The zero-order chi connectivity index (χ0) is 16.2. The maximum Gasteiger partial charge on any atom is 0.244 e. The van der Waals surface area contributed by atoms with Gasteiger partial charge in [0, 0.05) is 24.3 Å². The summed E-state index contributed by atoms with van der Waals surface area (Å²) < 4.78 is 1.81. The first kappa shape index (κ1) is 15.7. The Morgan fingerprint density at radius 3 is 2.83 bits per heavy atom. The molecule has 1 amide bonds. The monoisotopic (exact) mass is 313 g/mol. The summed E-state index contributed by atoms with van der Waals surface area (Å²) in [5, 5.41) is 7.57. The number of carbonyl (C=O) groups is 1. The zero-order valence-electron chi connectivity index (χ0n) is 13.6. The summed E-state index contributed by atoms with van der Waals surface area (Å²) >= 11 is 0. The lowest BCUT2D eigenvalue weighted by atomic mass is 10.1. The molecule has 0 spiro atoms. The second-order valence-corrected chi connectivity index (χ2v) is 6.20. The Hall–Kier alpha value is -2.21. The summed E-state index contributed by atoms with van der Waals surface area (Å²) in [6.07, 6.45) is 5.00. The lowest BCUT2D eigenvalue weighted by molar-refractivity contribution is -0.119. The number of para-hydroxylation sites is 1. The van der Waals surface area contributed by atoms with Crippen LogP contribution < -0.4 is 10.2 Å². The molecule has 1 aromatic heterocycles. The summed E-state index contributed by atoms with van der Waals surface area (Å²) in [5.74, 6) is 0.163. The van der Waals surface area contributed by atoms with Gasteiger partial charge in [-0.1, -0.05) is 18.2 Å². The average molecular weight is 313 g/mol. The van der Waals surface area contributed by atoms with Crippen molar-refractivity contribution in [3.8, 4) is 0 Å². The van der Waals surface area contributed by atoms with E-state index in [9.17, 15) is 4.79 Å². The number of nitrogens with one attached hydrogen (secondary N) is 1. The van der Waals surface area contributed by atoms with Gasteiger partial charge in [-0.15, -0.1) is 0 Å². The average Bonchev–Trinajstić information content (AvgIpc) is 3.15. The predicted molar refractivity (Wildman–Crippen MR) is 89.0 cm³/mol. The molecule has 6 nitrogen and oxygen atoms in total. The van der Waals surface area contributed by atoms with Gasteiger partial charge in [-0.2, -0.15) is 5.10 Å². The van der Waals surface area contributed by atoms with Crippen LogP contribution in [-0.2, 0) is 11.3 Å². The number of carbonyl (C=O) groups excluding carboxylic acids is 1. The van der Waals surface area contributed by atoms with Crippen molar-refractivity contribution in [3.05, 3.63) is 43.0 Å². The second-order valence-electron chi connectivity index (χ2n) is 6.20. The third kappa shape index (κ3) is 3.59. The standard InChI is InChI=1S/C17H23N5O/c1-13(8-9-21-12-18-11-19-21)20-16-10-14(2)22(17(16)23)15-6-4-3-5-7-15/h3-7,11-14,16,20H,8-10H2,1-2H3/t13-,14+,16-/m1/s1. The van der Waals surface area contributed by atoms with E-state index < -0.39 is 0 Å². The minimum absolute atomic E-state index is 0.115. The molecule has 0 bridgehead atoms. The molecular weight excluding hydrogens is 290 g/mol. The summed E-state index contributed by atoms with van der Waals surface area (Å²) in [7, 11) is 0. The molecule has 1 aromatic carbocycles. The van der Waals surface area contributed by atoms with Gasteiger partial charge in [-0.25, -0.2) is 4.98 Å². The fourth-order valence-corrected chi connectivity index (χ4v) is 3.14. The molecule has 122 valence electrons. The van der Waals surface area contributed by atoms with Crippen LogP contribution in [0.1, 0.15) is 26.7 Å². The fourth-order valence-electron chi connectivity index (χ4n) is 3.14.